The summed E-state index contributed by atoms with van der Waals surface area (Å²) in [7, 11) is 0. The van der Waals surface area contributed by atoms with Crippen LogP contribution in [0.25, 0.3) is 5.52 Å². The second-order valence-electron chi connectivity index (χ2n) is 9.90. The molecule has 32 heavy (non-hydrogen) atoms. The highest BCUT2D eigenvalue weighted by atomic mass is 16.8. The Morgan fingerprint density at radius 1 is 1.34 bits per heavy atom. The topological polar surface area (TPSA) is 134 Å². The zero-order valence-corrected chi connectivity index (χ0v) is 19.2. The predicted octanol–water partition coefficient (Wildman–Crippen LogP) is 2.17. The van der Waals surface area contributed by atoms with Crippen molar-refractivity contribution in [2.45, 2.75) is 71.2 Å². The number of carbonyl (C=O) groups is 1. The van der Waals surface area contributed by atoms with Crippen LogP contribution in [0.1, 0.15) is 47.2 Å². The molecule has 10 heteroatoms. The van der Waals surface area contributed by atoms with Crippen LogP contribution in [0.15, 0.2) is 18.5 Å². The summed E-state index contributed by atoms with van der Waals surface area (Å²) in [6, 6.07) is 5.71. The fourth-order valence-electron chi connectivity index (χ4n) is 4.11. The van der Waals surface area contributed by atoms with Crippen molar-refractivity contribution in [2.24, 2.45) is 11.3 Å². The molecule has 4 heterocycles. The van der Waals surface area contributed by atoms with E-state index >= 15 is 0 Å². The molecule has 4 rings (SSSR count). The first-order valence-corrected chi connectivity index (χ1v) is 10.6. The Hall–Kier alpha value is -2.74. The van der Waals surface area contributed by atoms with E-state index in [-0.39, 0.29) is 29.7 Å². The molecule has 0 saturated carbocycles. The predicted molar refractivity (Wildman–Crippen MR) is 113 cm³/mol. The quantitative estimate of drug-likeness (QED) is 0.705. The van der Waals surface area contributed by atoms with Gasteiger partial charge >= 0.3 is 5.97 Å². The lowest BCUT2D eigenvalue weighted by molar-refractivity contribution is -0.207. The van der Waals surface area contributed by atoms with E-state index in [9.17, 15) is 10.1 Å². The molecule has 0 bridgehead atoms. The molecule has 0 aromatic carbocycles. The van der Waals surface area contributed by atoms with Crippen molar-refractivity contribution in [3.05, 3.63) is 24.2 Å². The first-order chi connectivity index (χ1) is 14.9. The van der Waals surface area contributed by atoms with Crippen LogP contribution >= 0.6 is 0 Å². The van der Waals surface area contributed by atoms with Crippen LogP contribution in [-0.2, 0) is 29.3 Å². The summed E-state index contributed by atoms with van der Waals surface area (Å²) in [5, 5.41) is 14.6. The molecule has 172 valence electrons. The van der Waals surface area contributed by atoms with Crippen molar-refractivity contribution < 1.29 is 23.7 Å². The van der Waals surface area contributed by atoms with Gasteiger partial charge in [-0.1, -0.05) is 27.7 Å². The average Bonchev–Trinajstić information content (AvgIpc) is 3.36. The van der Waals surface area contributed by atoms with Crippen LogP contribution in [0.5, 0.6) is 0 Å². The van der Waals surface area contributed by atoms with Crippen LogP contribution in [0.3, 0.4) is 0 Å². The van der Waals surface area contributed by atoms with Crippen molar-refractivity contribution in [1.29, 1.82) is 5.26 Å². The first-order valence-electron chi connectivity index (χ1n) is 10.6. The van der Waals surface area contributed by atoms with Gasteiger partial charge in [0, 0.05) is 0 Å². The lowest BCUT2D eigenvalue weighted by Gasteiger charge is -2.29. The molecule has 0 unspecified atom stereocenters. The van der Waals surface area contributed by atoms with Gasteiger partial charge < -0.3 is 24.7 Å². The molecule has 2 fully saturated rings. The summed E-state index contributed by atoms with van der Waals surface area (Å²) in [6.45, 7) is 11.2. The van der Waals surface area contributed by atoms with Crippen LogP contribution in [0.4, 0.5) is 5.82 Å². The third kappa shape index (κ3) is 3.50. The molecule has 5 atom stereocenters. The lowest BCUT2D eigenvalue weighted by atomic mass is 9.82. The summed E-state index contributed by atoms with van der Waals surface area (Å²) < 4.78 is 25.6. The molecule has 2 aromatic rings. The van der Waals surface area contributed by atoms with E-state index in [2.05, 4.69) is 16.2 Å². The van der Waals surface area contributed by atoms with E-state index in [0.29, 0.717) is 11.2 Å². The van der Waals surface area contributed by atoms with E-state index in [1.807, 2.05) is 27.7 Å². The van der Waals surface area contributed by atoms with Gasteiger partial charge in [0.05, 0.1) is 11.6 Å². The Morgan fingerprint density at radius 2 is 2.06 bits per heavy atom. The molecule has 0 radical (unpaired) electrons. The van der Waals surface area contributed by atoms with Crippen LogP contribution < -0.4 is 5.73 Å². The molecular formula is C22H29N5O5. The van der Waals surface area contributed by atoms with Crippen molar-refractivity contribution in [3.8, 4) is 6.07 Å². The van der Waals surface area contributed by atoms with Gasteiger partial charge in [0.1, 0.15) is 42.8 Å². The van der Waals surface area contributed by atoms with Crippen molar-refractivity contribution in [2.75, 3.05) is 12.3 Å². The number of nitrogens with two attached hydrogens (primary N) is 1. The second-order valence-corrected chi connectivity index (χ2v) is 9.90. The third-order valence-corrected chi connectivity index (χ3v) is 6.30. The number of hydrogen-bond acceptors (Lipinski definition) is 9. The minimum atomic E-state index is -1.54. The minimum Gasteiger partial charge on any atom is -0.463 e. The monoisotopic (exact) mass is 443 g/mol. The van der Waals surface area contributed by atoms with Gasteiger partial charge in [0.25, 0.3) is 0 Å². The Balaban J connectivity index is 1.68. The number of fused-ring (bicyclic) bond motifs is 2. The standard InChI is InChI=1S/C22H29N5O5/c1-12(20(2,3)4)19(28)29-9-14-16-17(32-21(5,6)31-16)22(10-23,30-14)15-8-7-13-18(24)25-11-26-27(13)15/h7-8,11-12,14,16-17H,9H2,1-6H3,(H2,24,25,26)/t12-,14-,16-,17-,22+/m1/s1. The fourth-order valence-corrected chi connectivity index (χ4v) is 4.11. The molecule has 2 saturated heterocycles. The maximum absolute atomic E-state index is 12.6. The van der Waals surface area contributed by atoms with E-state index in [4.69, 9.17) is 24.7 Å². The van der Waals surface area contributed by atoms with Gasteiger partial charge in [0.2, 0.25) is 5.60 Å². The molecule has 2 aliphatic heterocycles. The molecule has 2 aromatic heterocycles. The van der Waals surface area contributed by atoms with Crippen LogP contribution in [0, 0.1) is 22.7 Å². The SMILES string of the molecule is C[C@H](C(=O)OC[C@H]1O[C@@](C#N)(c2ccc3c(N)ncnn23)[C@@H]2OC(C)(C)O[C@@H]21)C(C)(C)C. The number of anilines is 1. The highest BCUT2D eigenvalue weighted by Gasteiger charge is 2.65. The highest BCUT2D eigenvalue weighted by molar-refractivity contribution is 5.72. The normalized spacial score (nSPS) is 30.1. The summed E-state index contributed by atoms with van der Waals surface area (Å²) in [4.78, 5) is 16.6. The average molecular weight is 444 g/mol. The number of ether oxygens (including phenoxy) is 4. The summed E-state index contributed by atoms with van der Waals surface area (Å²) in [5.74, 6) is -1.31. The molecular weight excluding hydrogens is 414 g/mol. The number of nitrogen functional groups attached to an aromatic ring is 1. The Bertz CT molecular complexity index is 1080. The molecule has 0 spiro atoms. The smallest absolute Gasteiger partial charge is 0.309 e. The fraction of sp³-hybridized carbons (Fsp3) is 0.636. The molecule has 2 aliphatic rings. The van der Waals surface area contributed by atoms with E-state index in [1.165, 1.54) is 10.8 Å². The Kier molecular flexibility index (Phi) is 5.19. The zero-order chi connectivity index (χ0) is 23.5. The number of hydrogen-bond donors (Lipinski definition) is 1. The van der Waals surface area contributed by atoms with Crippen LogP contribution in [-0.4, -0.2) is 51.3 Å². The van der Waals surface area contributed by atoms with Crippen LogP contribution in [0.2, 0.25) is 0 Å². The number of nitriles is 1. The zero-order valence-electron chi connectivity index (χ0n) is 19.2. The van der Waals surface area contributed by atoms with Crippen molar-refractivity contribution in [3.63, 3.8) is 0 Å². The molecule has 2 N–H and O–H groups in total. The van der Waals surface area contributed by atoms with Gasteiger partial charge in [0.15, 0.2) is 11.6 Å². The third-order valence-electron chi connectivity index (χ3n) is 6.30. The highest BCUT2D eigenvalue weighted by Crippen LogP contribution is 2.49. The molecule has 10 nitrogen and oxygen atoms in total. The first kappa shape index (κ1) is 22.5. The minimum absolute atomic E-state index is 0.0658. The number of rotatable bonds is 4. The maximum Gasteiger partial charge on any atom is 0.309 e. The Labute approximate surface area is 186 Å². The number of aromatic nitrogens is 3. The van der Waals surface area contributed by atoms with Crippen molar-refractivity contribution in [1.82, 2.24) is 14.6 Å². The molecule has 0 aliphatic carbocycles. The van der Waals surface area contributed by atoms with Crippen molar-refractivity contribution >= 4 is 17.3 Å². The number of nitrogens with zero attached hydrogens (tertiary/aromatic N) is 4. The van der Waals surface area contributed by atoms with E-state index < -0.39 is 29.7 Å². The van der Waals surface area contributed by atoms with Gasteiger partial charge in [-0.15, -0.1) is 0 Å². The maximum atomic E-state index is 12.6. The summed E-state index contributed by atoms with van der Waals surface area (Å²) >= 11 is 0. The molecule has 0 amide bonds. The summed E-state index contributed by atoms with van der Waals surface area (Å²) in [5.41, 5.74) is 5.17. The van der Waals surface area contributed by atoms with E-state index in [0.717, 1.165) is 0 Å². The van der Waals surface area contributed by atoms with Gasteiger partial charge in [-0.25, -0.2) is 9.50 Å². The largest absolute Gasteiger partial charge is 0.463 e. The number of carbonyl (C=O) groups excluding carboxylic acids is 1. The van der Waals surface area contributed by atoms with Gasteiger partial charge in [-0.3, -0.25) is 4.79 Å². The summed E-state index contributed by atoms with van der Waals surface area (Å²) in [6.07, 6.45) is -0.776. The van der Waals surface area contributed by atoms with Gasteiger partial charge in [-0.2, -0.15) is 10.4 Å². The second kappa shape index (κ2) is 7.40. The number of esters is 1. The lowest BCUT2D eigenvalue weighted by Crippen LogP contribution is -2.40. The van der Waals surface area contributed by atoms with E-state index in [1.54, 1.807) is 26.0 Å². The Morgan fingerprint density at radius 3 is 2.72 bits per heavy atom. The van der Waals surface area contributed by atoms with Gasteiger partial charge in [-0.05, 0) is 31.4 Å².